The van der Waals surface area contributed by atoms with Crippen molar-refractivity contribution in [3.8, 4) is 0 Å². The first kappa shape index (κ1) is 14.4. The van der Waals surface area contributed by atoms with Crippen LogP contribution >= 0.6 is 0 Å². The zero-order chi connectivity index (χ0) is 13.3. The highest BCUT2D eigenvalue weighted by molar-refractivity contribution is 7.89. The van der Waals surface area contributed by atoms with Crippen LogP contribution in [0.4, 0.5) is 0 Å². The molecule has 0 aromatic carbocycles. The van der Waals surface area contributed by atoms with Gasteiger partial charge in [0.2, 0.25) is 10.0 Å². The van der Waals surface area contributed by atoms with E-state index in [1.807, 2.05) is 20.8 Å². The highest BCUT2D eigenvalue weighted by Crippen LogP contribution is 2.30. The summed E-state index contributed by atoms with van der Waals surface area (Å²) in [4.78, 5) is 10.7. The summed E-state index contributed by atoms with van der Waals surface area (Å²) in [6, 6.07) is -0.0870. The summed E-state index contributed by atoms with van der Waals surface area (Å²) in [5, 5.41) is 8.75. The number of sulfonamides is 1. The molecule has 1 rings (SSSR count). The number of carboxylic acids is 1. The Bertz CT molecular complexity index is 379. The van der Waals surface area contributed by atoms with Crippen LogP contribution in [0, 0.1) is 5.41 Å². The van der Waals surface area contributed by atoms with Gasteiger partial charge in [-0.05, 0) is 24.7 Å². The largest absolute Gasteiger partial charge is 0.480 e. The second-order valence-electron chi connectivity index (χ2n) is 5.80. The Morgan fingerprint density at radius 3 is 2.24 bits per heavy atom. The van der Waals surface area contributed by atoms with Crippen molar-refractivity contribution in [2.75, 3.05) is 12.3 Å². The van der Waals surface area contributed by atoms with E-state index in [4.69, 9.17) is 5.11 Å². The van der Waals surface area contributed by atoms with Gasteiger partial charge in [-0.3, -0.25) is 4.79 Å². The maximum Gasteiger partial charge on any atom is 0.318 e. The van der Waals surface area contributed by atoms with Crippen LogP contribution in [-0.2, 0) is 14.8 Å². The lowest BCUT2D eigenvalue weighted by atomic mass is 9.94. The molecule has 0 unspecified atom stereocenters. The SMILES string of the molecule is CC(C)(C)CCS(=O)(=O)N(CC(=O)O)C1CC1. The summed E-state index contributed by atoms with van der Waals surface area (Å²) >= 11 is 0. The van der Waals surface area contributed by atoms with Gasteiger partial charge in [0, 0.05) is 6.04 Å². The molecule has 0 amide bonds. The average Bonchev–Trinajstić information content (AvgIpc) is 2.93. The topological polar surface area (TPSA) is 74.7 Å². The van der Waals surface area contributed by atoms with Crippen molar-refractivity contribution >= 4 is 16.0 Å². The Kier molecular flexibility index (Phi) is 4.19. The Balaban J connectivity index is 2.68. The van der Waals surface area contributed by atoms with Gasteiger partial charge in [-0.15, -0.1) is 0 Å². The fourth-order valence-electron chi connectivity index (χ4n) is 1.50. The van der Waals surface area contributed by atoms with Crippen LogP contribution in [-0.4, -0.2) is 42.1 Å². The normalized spacial score (nSPS) is 17.4. The highest BCUT2D eigenvalue weighted by atomic mass is 32.2. The quantitative estimate of drug-likeness (QED) is 0.784. The minimum Gasteiger partial charge on any atom is -0.480 e. The fourth-order valence-corrected chi connectivity index (χ4v) is 3.58. The molecule has 1 aliphatic carbocycles. The number of rotatable bonds is 6. The second-order valence-corrected chi connectivity index (χ2v) is 7.84. The van der Waals surface area contributed by atoms with Gasteiger partial charge < -0.3 is 5.11 Å². The highest BCUT2D eigenvalue weighted by Gasteiger charge is 2.38. The van der Waals surface area contributed by atoms with Gasteiger partial charge in [0.1, 0.15) is 6.54 Å². The van der Waals surface area contributed by atoms with Gasteiger partial charge in [0.15, 0.2) is 0 Å². The maximum absolute atomic E-state index is 12.1. The van der Waals surface area contributed by atoms with Crippen molar-refractivity contribution in [2.24, 2.45) is 5.41 Å². The van der Waals surface area contributed by atoms with Crippen molar-refractivity contribution in [2.45, 2.75) is 46.1 Å². The molecule has 0 aromatic rings. The smallest absolute Gasteiger partial charge is 0.318 e. The summed E-state index contributed by atoms with van der Waals surface area (Å²) in [7, 11) is -3.43. The lowest BCUT2D eigenvalue weighted by molar-refractivity contribution is -0.137. The second kappa shape index (κ2) is 4.94. The Hall–Kier alpha value is -0.620. The molecule has 100 valence electrons. The molecule has 0 radical (unpaired) electrons. The molecule has 17 heavy (non-hydrogen) atoms. The Morgan fingerprint density at radius 1 is 1.35 bits per heavy atom. The molecule has 0 aliphatic heterocycles. The average molecular weight is 263 g/mol. The van der Waals surface area contributed by atoms with Gasteiger partial charge in [-0.2, -0.15) is 4.31 Å². The van der Waals surface area contributed by atoms with E-state index < -0.39 is 22.5 Å². The third-order valence-corrected chi connectivity index (χ3v) is 4.57. The van der Waals surface area contributed by atoms with Crippen molar-refractivity contribution in [1.29, 1.82) is 0 Å². The lowest BCUT2D eigenvalue weighted by Crippen LogP contribution is -2.39. The molecule has 0 spiro atoms. The van der Waals surface area contributed by atoms with Gasteiger partial charge >= 0.3 is 5.97 Å². The molecule has 1 saturated carbocycles. The zero-order valence-electron chi connectivity index (χ0n) is 10.6. The van der Waals surface area contributed by atoms with Crippen LogP contribution in [0.5, 0.6) is 0 Å². The minimum absolute atomic E-state index is 0.0281. The standard InChI is InChI=1S/C11H21NO4S/c1-11(2,3)6-7-17(15,16)12(8-10(13)14)9-4-5-9/h9H,4-8H2,1-3H3,(H,13,14). The summed E-state index contributed by atoms with van der Waals surface area (Å²) in [6.07, 6.45) is 2.10. The van der Waals surface area contributed by atoms with E-state index in [2.05, 4.69) is 0 Å². The molecular formula is C11H21NO4S. The molecule has 0 saturated heterocycles. The first-order valence-electron chi connectivity index (χ1n) is 5.83. The number of nitrogens with zero attached hydrogens (tertiary/aromatic N) is 1. The number of hydrogen-bond donors (Lipinski definition) is 1. The molecule has 0 bridgehead atoms. The van der Waals surface area contributed by atoms with Gasteiger partial charge in [0.05, 0.1) is 5.75 Å². The molecule has 0 heterocycles. The van der Waals surface area contributed by atoms with Crippen LogP contribution in [0.1, 0.15) is 40.0 Å². The third kappa shape index (κ3) is 5.04. The monoisotopic (exact) mass is 263 g/mol. The van der Waals surface area contributed by atoms with E-state index in [0.29, 0.717) is 6.42 Å². The van der Waals surface area contributed by atoms with Crippen LogP contribution < -0.4 is 0 Å². The number of carbonyl (C=O) groups is 1. The van der Waals surface area contributed by atoms with Crippen molar-refractivity contribution in [3.05, 3.63) is 0 Å². The van der Waals surface area contributed by atoms with Crippen LogP contribution in [0.3, 0.4) is 0 Å². The Morgan fingerprint density at radius 2 is 1.88 bits per heavy atom. The van der Waals surface area contributed by atoms with Crippen molar-refractivity contribution in [3.63, 3.8) is 0 Å². The summed E-state index contributed by atoms with van der Waals surface area (Å²) < 4.78 is 25.3. The molecule has 0 atom stereocenters. The molecule has 1 N–H and O–H groups in total. The predicted molar refractivity (Wildman–Crippen MR) is 65.2 cm³/mol. The number of carboxylic acid groups (broad SMARTS) is 1. The van der Waals surface area contributed by atoms with E-state index in [1.54, 1.807) is 0 Å². The third-order valence-electron chi connectivity index (χ3n) is 2.71. The van der Waals surface area contributed by atoms with Crippen molar-refractivity contribution in [1.82, 2.24) is 4.31 Å². The molecule has 1 fully saturated rings. The first-order chi connectivity index (χ1) is 7.62. The van der Waals surface area contributed by atoms with Crippen LogP contribution in [0.2, 0.25) is 0 Å². The number of aliphatic carboxylic acids is 1. The van der Waals surface area contributed by atoms with E-state index >= 15 is 0 Å². The molecule has 6 heteroatoms. The fraction of sp³-hybridized carbons (Fsp3) is 0.909. The molecule has 1 aliphatic rings. The van der Waals surface area contributed by atoms with Gasteiger partial charge in [0.25, 0.3) is 0 Å². The number of hydrogen-bond acceptors (Lipinski definition) is 3. The van der Waals surface area contributed by atoms with Gasteiger partial charge in [-0.1, -0.05) is 20.8 Å². The van der Waals surface area contributed by atoms with Crippen LogP contribution in [0.15, 0.2) is 0 Å². The molecule has 0 aromatic heterocycles. The summed E-state index contributed by atoms with van der Waals surface area (Å²) in [5.41, 5.74) is -0.0640. The van der Waals surface area contributed by atoms with Crippen molar-refractivity contribution < 1.29 is 18.3 Å². The summed E-state index contributed by atoms with van der Waals surface area (Å²) in [5.74, 6) is -1.06. The predicted octanol–water partition coefficient (Wildman–Crippen LogP) is 1.30. The summed E-state index contributed by atoms with van der Waals surface area (Å²) in [6.45, 7) is 5.51. The lowest BCUT2D eigenvalue weighted by Gasteiger charge is -2.23. The minimum atomic E-state index is -3.43. The van der Waals surface area contributed by atoms with E-state index in [0.717, 1.165) is 17.1 Å². The Labute approximate surface area is 103 Å². The molecule has 5 nitrogen and oxygen atoms in total. The van der Waals surface area contributed by atoms with Gasteiger partial charge in [-0.25, -0.2) is 8.42 Å². The first-order valence-corrected chi connectivity index (χ1v) is 7.44. The zero-order valence-corrected chi connectivity index (χ0v) is 11.5. The molecular weight excluding hydrogens is 242 g/mol. The van der Waals surface area contributed by atoms with E-state index in [-0.39, 0.29) is 17.2 Å². The van der Waals surface area contributed by atoms with Crippen LogP contribution in [0.25, 0.3) is 0 Å². The van der Waals surface area contributed by atoms with E-state index in [9.17, 15) is 13.2 Å². The van der Waals surface area contributed by atoms with E-state index in [1.165, 1.54) is 0 Å². The maximum atomic E-state index is 12.1.